The third-order valence-electron chi connectivity index (χ3n) is 4.57. The standard InChI is InChI=1S/C19H22N4O3/c1-26-17-8-7-14(12-21-17)18(24)23-16-6-2-5-15(16)19(25)22-11-13-4-3-9-20-10-13/h3-4,7-10,12,15-16H,2,5-6,11H2,1H3,(H,22,25)(H,23,24)/t15-,16+/m0/s1. The Labute approximate surface area is 152 Å². The summed E-state index contributed by atoms with van der Waals surface area (Å²) in [6.07, 6.45) is 7.37. The van der Waals surface area contributed by atoms with E-state index in [-0.39, 0.29) is 23.8 Å². The van der Waals surface area contributed by atoms with Crippen LogP contribution in [0.2, 0.25) is 0 Å². The van der Waals surface area contributed by atoms with Gasteiger partial charge in [0, 0.05) is 37.2 Å². The van der Waals surface area contributed by atoms with E-state index in [0.717, 1.165) is 24.8 Å². The second kappa shape index (κ2) is 8.42. The Morgan fingerprint density at radius 2 is 2.12 bits per heavy atom. The molecule has 2 N–H and O–H groups in total. The van der Waals surface area contributed by atoms with Gasteiger partial charge in [-0.3, -0.25) is 14.6 Å². The lowest BCUT2D eigenvalue weighted by molar-refractivity contribution is -0.125. The summed E-state index contributed by atoms with van der Waals surface area (Å²) in [5.41, 5.74) is 1.40. The number of carbonyl (C=O) groups is 2. The molecular weight excluding hydrogens is 332 g/mol. The Balaban J connectivity index is 1.56. The van der Waals surface area contributed by atoms with E-state index in [1.54, 1.807) is 24.5 Å². The first kappa shape index (κ1) is 17.8. The largest absolute Gasteiger partial charge is 0.481 e. The van der Waals surface area contributed by atoms with Crippen LogP contribution in [0.1, 0.15) is 35.2 Å². The smallest absolute Gasteiger partial charge is 0.253 e. The highest BCUT2D eigenvalue weighted by Gasteiger charge is 2.34. The summed E-state index contributed by atoms with van der Waals surface area (Å²) in [4.78, 5) is 33.0. The minimum absolute atomic E-state index is 0.0375. The van der Waals surface area contributed by atoms with Crippen LogP contribution in [0.4, 0.5) is 0 Å². The van der Waals surface area contributed by atoms with Crippen molar-refractivity contribution in [1.29, 1.82) is 0 Å². The maximum atomic E-state index is 12.5. The fourth-order valence-corrected chi connectivity index (χ4v) is 3.16. The molecule has 0 unspecified atom stereocenters. The first-order valence-corrected chi connectivity index (χ1v) is 8.65. The molecule has 0 radical (unpaired) electrons. The van der Waals surface area contributed by atoms with E-state index in [1.807, 2.05) is 12.1 Å². The molecule has 2 amide bonds. The number of nitrogens with zero attached hydrogens (tertiary/aromatic N) is 2. The number of hydrogen-bond acceptors (Lipinski definition) is 5. The highest BCUT2D eigenvalue weighted by Crippen LogP contribution is 2.26. The van der Waals surface area contributed by atoms with Gasteiger partial charge in [0.15, 0.2) is 0 Å². The molecule has 1 saturated carbocycles. The molecule has 26 heavy (non-hydrogen) atoms. The molecule has 0 spiro atoms. The molecule has 3 rings (SSSR count). The van der Waals surface area contributed by atoms with E-state index < -0.39 is 0 Å². The van der Waals surface area contributed by atoms with Gasteiger partial charge in [-0.15, -0.1) is 0 Å². The predicted octanol–water partition coefficient (Wildman–Crippen LogP) is 1.70. The first-order chi connectivity index (χ1) is 12.7. The third kappa shape index (κ3) is 4.36. The van der Waals surface area contributed by atoms with Crippen molar-refractivity contribution in [3.8, 4) is 5.88 Å². The Kier molecular flexibility index (Phi) is 5.78. The molecule has 7 nitrogen and oxygen atoms in total. The number of aromatic nitrogens is 2. The highest BCUT2D eigenvalue weighted by atomic mass is 16.5. The van der Waals surface area contributed by atoms with Gasteiger partial charge in [-0.1, -0.05) is 12.5 Å². The zero-order chi connectivity index (χ0) is 18.4. The molecule has 1 aliphatic rings. The van der Waals surface area contributed by atoms with Crippen LogP contribution >= 0.6 is 0 Å². The number of nitrogens with one attached hydrogen (secondary N) is 2. The number of pyridine rings is 2. The van der Waals surface area contributed by atoms with E-state index in [9.17, 15) is 9.59 Å². The summed E-state index contributed by atoms with van der Waals surface area (Å²) in [6, 6.07) is 6.88. The molecule has 2 heterocycles. The van der Waals surface area contributed by atoms with Gasteiger partial charge >= 0.3 is 0 Å². The molecule has 0 aromatic carbocycles. The van der Waals surface area contributed by atoms with Crippen LogP contribution in [0.15, 0.2) is 42.9 Å². The molecule has 2 aromatic rings. The molecular formula is C19H22N4O3. The van der Waals surface area contributed by atoms with Gasteiger partial charge in [0.25, 0.3) is 5.91 Å². The molecule has 1 fully saturated rings. The molecule has 0 bridgehead atoms. The van der Waals surface area contributed by atoms with Crippen LogP contribution in [0, 0.1) is 5.92 Å². The Hall–Kier alpha value is -2.96. The summed E-state index contributed by atoms with van der Waals surface area (Å²) in [7, 11) is 1.52. The van der Waals surface area contributed by atoms with Crippen LogP contribution in [0.3, 0.4) is 0 Å². The second-order valence-electron chi connectivity index (χ2n) is 6.29. The lowest BCUT2D eigenvalue weighted by atomic mass is 10.0. The van der Waals surface area contributed by atoms with E-state index in [2.05, 4.69) is 20.6 Å². The van der Waals surface area contributed by atoms with Crippen molar-refractivity contribution in [2.75, 3.05) is 7.11 Å². The molecule has 0 aliphatic heterocycles. The minimum atomic E-state index is -0.225. The van der Waals surface area contributed by atoms with Crippen molar-refractivity contribution < 1.29 is 14.3 Å². The van der Waals surface area contributed by atoms with Crippen LogP contribution in [0.5, 0.6) is 5.88 Å². The Morgan fingerprint density at radius 1 is 1.23 bits per heavy atom. The van der Waals surface area contributed by atoms with Crippen LogP contribution in [0.25, 0.3) is 0 Å². The van der Waals surface area contributed by atoms with Gasteiger partial charge in [0.2, 0.25) is 11.8 Å². The van der Waals surface area contributed by atoms with E-state index in [1.165, 1.54) is 13.3 Å². The van der Waals surface area contributed by atoms with Crippen molar-refractivity contribution in [1.82, 2.24) is 20.6 Å². The second-order valence-corrected chi connectivity index (χ2v) is 6.29. The summed E-state index contributed by atoms with van der Waals surface area (Å²) in [5, 5.41) is 5.91. The summed E-state index contributed by atoms with van der Waals surface area (Å²) < 4.78 is 4.99. The summed E-state index contributed by atoms with van der Waals surface area (Å²) in [6.45, 7) is 0.437. The molecule has 0 saturated heterocycles. The number of amides is 2. The van der Waals surface area contributed by atoms with E-state index in [0.29, 0.717) is 18.0 Å². The number of ether oxygens (including phenoxy) is 1. The van der Waals surface area contributed by atoms with Crippen LogP contribution < -0.4 is 15.4 Å². The Morgan fingerprint density at radius 3 is 2.81 bits per heavy atom. The fraction of sp³-hybridized carbons (Fsp3) is 0.368. The summed E-state index contributed by atoms with van der Waals surface area (Å²) >= 11 is 0. The average Bonchev–Trinajstić information content (AvgIpc) is 3.15. The van der Waals surface area contributed by atoms with Crippen molar-refractivity contribution in [3.63, 3.8) is 0 Å². The van der Waals surface area contributed by atoms with Crippen molar-refractivity contribution in [2.24, 2.45) is 5.92 Å². The maximum absolute atomic E-state index is 12.5. The van der Waals surface area contributed by atoms with Gasteiger partial charge in [-0.2, -0.15) is 0 Å². The zero-order valence-corrected chi connectivity index (χ0v) is 14.6. The highest BCUT2D eigenvalue weighted by molar-refractivity contribution is 5.94. The van der Waals surface area contributed by atoms with Crippen molar-refractivity contribution in [3.05, 3.63) is 54.0 Å². The quantitative estimate of drug-likeness (QED) is 0.824. The molecule has 2 aromatic heterocycles. The lowest BCUT2D eigenvalue weighted by Crippen LogP contribution is -2.43. The molecule has 1 aliphatic carbocycles. The SMILES string of the molecule is COc1ccc(C(=O)N[C@@H]2CCC[C@@H]2C(=O)NCc2cccnc2)cn1. The number of rotatable bonds is 6. The normalized spacial score (nSPS) is 19.0. The number of methoxy groups -OCH3 is 1. The minimum Gasteiger partial charge on any atom is -0.481 e. The number of hydrogen-bond donors (Lipinski definition) is 2. The van der Waals surface area contributed by atoms with Gasteiger partial charge in [0.1, 0.15) is 0 Å². The van der Waals surface area contributed by atoms with Gasteiger partial charge in [0.05, 0.1) is 18.6 Å². The molecule has 136 valence electrons. The summed E-state index contributed by atoms with van der Waals surface area (Å²) in [5.74, 6) is -0.0291. The van der Waals surface area contributed by atoms with Crippen molar-refractivity contribution in [2.45, 2.75) is 31.8 Å². The Bertz CT molecular complexity index is 749. The average molecular weight is 354 g/mol. The van der Waals surface area contributed by atoms with E-state index in [4.69, 9.17) is 4.74 Å². The fourth-order valence-electron chi connectivity index (χ4n) is 3.16. The zero-order valence-electron chi connectivity index (χ0n) is 14.6. The van der Waals surface area contributed by atoms with Gasteiger partial charge < -0.3 is 15.4 Å². The van der Waals surface area contributed by atoms with Gasteiger partial charge in [-0.05, 0) is 30.5 Å². The third-order valence-corrected chi connectivity index (χ3v) is 4.57. The maximum Gasteiger partial charge on any atom is 0.253 e. The van der Waals surface area contributed by atoms with Gasteiger partial charge in [-0.25, -0.2) is 4.98 Å². The van der Waals surface area contributed by atoms with E-state index >= 15 is 0 Å². The number of carbonyl (C=O) groups excluding carboxylic acids is 2. The van der Waals surface area contributed by atoms with Crippen molar-refractivity contribution >= 4 is 11.8 Å². The first-order valence-electron chi connectivity index (χ1n) is 8.65. The topological polar surface area (TPSA) is 93.2 Å². The van der Waals surface area contributed by atoms with Crippen LogP contribution in [-0.2, 0) is 11.3 Å². The monoisotopic (exact) mass is 354 g/mol. The predicted molar refractivity (Wildman–Crippen MR) is 95.5 cm³/mol. The molecule has 2 atom stereocenters. The van der Waals surface area contributed by atoms with Crippen LogP contribution in [-0.4, -0.2) is 34.9 Å². The lowest BCUT2D eigenvalue weighted by Gasteiger charge is -2.20. The molecule has 7 heteroatoms.